The Morgan fingerprint density at radius 1 is 1.39 bits per heavy atom. The van der Waals surface area contributed by atoms with Crippen LogP contribution in [0.3, 0.4) is 0 Å². The molecule has 1 aliphatic heterocycles. The second-order valence-corrected chi connectivity index (χ2v) is 8.03. The zero-order valence-electron chi connectivity index (χ0n) is 16.1. The largest absolute Gasteiger partial charge is 0.394 e. The third-order valence-corrected chi connectivity index (χ3v) is 5.04. The van der Waals surface area contributed by atoms with E-state index < -0.39 is 34.9 Å². The number of hydrogen-bond donors (Lipinski definition) is 2. The van der Waals surface area contributed by atoms with Gasteiger partial charge in [0.1, 0.15) is 0 Å². The first-order valence-electron chi connectivity index (χ1n) is 9.07. The van der Waals surface area contributed by atoms with Crippen molar-refractivity contribution < 1.29 is 19.0 Å². The Morgan fingerprint density at radius 3 is 2.57 bits per heavy atom. The Morgan fingerprint density at radius 2 is 2.04 bits per heavy atom. The topological polar surface area (TPSA) is 107 Å². The fourth-order valence-electron chi connectivity index (χ4n) is 3.38. The fraction of sp³-hybridized carbons (Fsp3) is 0.450. The molecule has 1 saturated heterocycles. The molecule has 0 saturated carbocycles. The lowest BCUT2D eigenvalue weighted by Gasteiger charge is -2.30. The number of aromatic nitrogens is 2. The fourth-order valence-corrected chi connectivity index (χ4v) is 3.38. The Bertz CT molecular complexity index is 949. The summed E-state index contributed by atoms with van der Waals surface area (Å²) in [6, 6.07) is 6.99. The average molecular weight is 389 g/mol. The van der Waals surface area contributed by atoms with Crippen molar-refractivity contribution in [1.29, 1.82) is 0 Å². The lowest BCUT2D eigenvalue weighted by molar-refractivity contribution is -0.0857. The van der Waals surface area contributed by atoms with E-state index in [9.17, 15) is 19.1 Å². The molecular weight excluding hydrogens is 365 g/mol. The van der Waals surface area contributed by atoms with Gasteiger partial charge in [-0.05, 0) is 17.4 Å². The number of carbonyl (C=O) groups is 1. The van der Waals surface area contributed by atoms with Crippen LogP contribution in [0.25, 0.3) is 0 Å². The number of Topliss-reactive ketones (excluding diaryl/α,β-unsaturated/α-hetero) is 1. The molecule has 0 aliphatic carbocycles. The third-order valence-electron chi connectivity index (χ3n) is 5.04. The van der Waals surface area contributed by atoms with Crippen LogP contribution in [0.5, 0.6) is 0 Å². The van der Waals surface area contributed by atoms with Crippen molar-refractivity contribution in [2.75, 3.05) is 12.3 Å². The summed E-state index contributed by atoms with van der Waals surface area (Å²) in [6.07, 6.45) is 0.626. The second kappa shape index (κ2) is 7.10. The normalized spacial score (nSPS) is 22.4. The predicted molar refractivity (Wildman–Crippen MR) is 102 cm³/mol. The van der Waals surface area contributed by atoms with Crippen molar-refractivity contribution in [1.82, 2.24) is 9.55 Å². The molecule has 0 amide bonds. The molecule has 2 heterocycles. The number of nitrogens with zero attached hydrogens (tertiary/aromatic N) is 2. The first-order valence-corrected chi connectivity index (χ1v) is 9.07. The van der Waals surface area contributed by atoms with Gasteiger partial charge in [-0.25, -0.2) is 9.18 Å². The van der Waals surface area contributed by atoms with Gasteiger partial charge in [0.25, 0.3) is 0 Å². The standard InChI is InChI=1S/C20H24FN3O4/c1-19(2,3)13-6-4-12(5-7-13)16(26)20(9-8-14(11-25)28-20)24-10-15(21)17(22)23-18(24)27/h4-7,10,14,25H,8-9,11H2,1-3H3,(H2,22,23,27)/t14-,20-/m0/s1. The molecule has 1 aromatic heterocycles. The van der Waals surface area contributed by atoms with E-state index in [4.69, 9.17) is 10.5 Å². The number of rotatable bonds is 4. The molecule has 2 atom stereocenters. The highest BCUT2D eigenvalue weighted by Crippen LogP contribution is 2.37. The van der Waals surface area contributed by atoms with Crippen LogP contribution in [0.4, 0.5) is 10.2 Å². The van der Waals surface area contributed by atoms with Crippen molar-refractivity contribution in [3.05, 3.63) is 57.9 Å². The van der Waals surface area contributed by atoms with Crippen molar-refractivity contribution in [2.24, 2.45) is 0 Å². The van der Waals surface area contributed by atoms with E-state index in [1.54, 1.807) is 12.1 Å². The number of ether oxygens (including phenoxy) is 1. The molecule has 0 unspecified atom stereocenters. The second-order valence-electron chi connectivity index (χ2n) is 8.03. The lowest BCUT2D eigenvalue weighted by atomic mass is 9.86. The number of halogens is 1. The SMILES string of the molecule is CC(C)(C)c1ccc(C(=O)[C@]2(n3cc(F)c(N)nc3=O)CC[C@@H](CO)O2)cc1. The highest BCUT2D eigenvalue weighted by molar-refractivity contribution is 6.01. The van der Waals surface area contributed by atoms with E-state index in [1.807, 2.05) is 12.1 Å². The minimum Gasteiger partial charge on any atom is -0.394 e. The van der Waals surface area contributed by atoms with Crippen LogP contribution < -0.4 is 11.4 Å². The summed E-state index contributed by atoms with van der Waals surface area (Å²) in [6.45, 7) is 5.84. The van der Waals surface area contributed by atoms with Gasteiger partial charge in [0.05, 0.1) is 18.9 Å². The molecule has 0 bridgehead atoms. The molecule has 1 aliphatic rings. The van der Waals surface area contributed by atoms with Crippen LogP contribution in [-0.2, 0) is 15.9 Å². The Balaban J connectivity index is 2.10. The number of aliphatic hydroxyl groups is 1. The average Bonchev–Trinajstić information content (AvgIpc) is 3.09. The maximum Gasteiger partial charge on any atom is 0.352 e. The van der Waals surface area contributed by atoms with E-state index in [-0.39, 0.29) is 18.4 Å². The molecule has 3 rings (SSSR count). The molecule has 28 heavy (non-hydrogen) atoms. The number of anilines is 1. The molecule has 0 radical (unpaired) electrons. The van der Waals surface area contributed by atoms with Crippen molar-refractivity contribution >= 4 is 11.6 Å². The van der Waals surface area contributed by atoms with Crippen molar-refractivity contribution in [2.45, 2.75) is 50.9 Å². The molecule has 0 spiro atoms. The van der Waals surface area contributed by atoms with Crippen LogP contribution in [0.1, 0.15) is 49.5 Å². The van der Waals surface area contributed by atoms with Crippen LogP contribution in [-0.4, -0.2) is 33.2 Å². The van der Waals surface area contributed by atoms with E-state index >= 15 is 0 Å². The molecule has 8 heteroatoms. The number of benzene rings is 1. The summed E-state index contributed by atoms with van der Waals surface area (Å²) < 4.78 is 20.7. The van der Waals surface area contributed by atoms with Crippen LogP contribution in [0.2, 0.25) is 0 Å². The molecule has 7 nitrogen and oxygen atoms in total. The molecule has 3 N–H and O–H groups in total. The summed E-state index contributed by atoms with van der Waals surface area (Å²) in [5.41, 5.74) is 3.95. The van der Waals surface area contributed by atoms with Gasteiger partial charge in [0.15, 0.2) is 11.6 Å². The first-order chi connectivity index (χ1) is 13.1. The maximum absolute atomic E-state index is 14.0. The van der Waals surface area contributed by atoms with Crippen LogP contribution in [0.15, 0.2) is 35.3 Å². The van der Waals surface area contributed by atoms with Gasteiger partial charge in [-0.1, -0.05) is 45.0 Å². The first kappa shape index (κ1) is 20.2. The van der Waals surface area contributed by atoms with Gasteiger partial charge in [0.2, 0.25) is 11.5 Å². The minimum absolute atomic E-state index is 0.0912. The van der Waals surface area contributed by atoms with Gasteiger partial charge < -0.3 is 15.6 Å². The number of ketones is 1. The van der Waals surface area contributed by atoms with Gasteiger partial charge in [-0.2, -0.15) is 4.98 Å². The van der Waals surface area contributed by atoms with Gasteiger partial charge in [-0.3, -0.25) is 9.36 Å². The van der Waals surface area contributed by atoms with E-state index in [0.29, 0.717) is 12.0 Å². The lowest BCUT2D eigenvalue weighted by Crippen LogP contribution is -2.48. The summed E-state index contributed by atoms with van der Waals surface area (Å²) >= 11 is 0. The van der Waals surface area contributed by atoms with Crippen LogP contribution >= 0.6 is 0 Å². The number of nitrogens with two attached hydrogens (primary N) is 1. The summed E-state index contributed by atoms with van der Waals surface area (Å²) in [5.74, 6) is -1.97. The molecule has 150 valence electrons. The smallest absolute Gasteiger partial charge is 0.352 e. The van der Waals surface area contributed by atoms with E-state index in [0.717, 1.165) is 16.3 Å². The number of carbonyl (C=O) groups excluding carboxylic acids is 1. The van der Waals surface area contributed by atoms with Crippen molar-refractivity contribution in [3.8, 4) is 0 Å². The molecule has 1 fully saturated rings. The van der Waals surface area contributed by atoms with Crippen molar-refractivity contribution in [3.63, 3.8) is 0 Å². The number of aliphatic hydroxyl groups excluding tert-OH is 1. The highest BCUT2D eigenvalue weighted by Gasteiger charge is 2.49. The monoisotopic (exact) mass is 389 g/mol. The Hall–Kier alpha value is -2.58. The van der Waals surface area contributed by atoms with Gasteiger partial charge in [0, 0.05) is 12.0 Å². The third kappa shape index (κ3) is 3.45. The summed E-state index contributed by atoms with van der Waals surface area (Å²) in [7, 11) is 0. The Kier molecular flexibility index (Phi) is 5.12. The number of nitrogen functional groups attached to an aromatic ring is 1. The van der Waals surface area contributed by atoms with Gasteiger partial charge in [-0.15, -0.1) is 0 Å². The molecule has 2 aromatic rings. The zero-order chi connectivity index (χ0) is 20.7. The van der Waals surface area contributed by atoms with Gasteiger partial charge >= 0.3 is 5.69 Å². The highest BCUT2D eigenvalue weighted by atomic mass is 19.1. The number of hydrogen-bond acceptors (Lipinski definition) is 6. The minimum atomic E-state index is -1.78. The van der Waals surface area contributed by atoms with E-state index in [2.05, 4.69) is 25.8 Å². The van der Waals surface area contributed by atoms with E-state index in [1.165, 1.54) is 0 Å². The zero-order valence-corrected chi connectivity index (χ0v) is 16.1. The maximum atomic E-state index is 14.0. The summed E-state index contributed by atoms with van der Waals surface area (Å²) in [4.78, 5) is 29.3. The quantitative estimate of drug-likeness (QED) is 0.774. The predicted octanol–water partition coefficient (Wildman–Crippen LogP) is 1.97. The molecular formula is C20H24FN3O4. The summed E-state index contributed by atoms with van der Waals surface area (Å²) in [5, 5.41) is 9.46. The molecule has 1 aromatic carbocycles. The Labute approximate surface area is 162 Å². The van der Waals surface area contributed by atoms with Crippen LogP contribution in [0, 0.1) is 5.82 Å².